The third kappa shape index (κ3) is 4.53. The number of ether oxygens (including phenoxy) is 1. The number of halogens is 1. The van der Waals surface area contributed by atoms with Crippen molar-refractivity contribution in [3.8, 4) is 17.1 Å². The molecule has 1 aromatic carbocycles. The van der Waals surface area contributed by atoms with Crippen LogP contribution in [0.5, 0.6) is 0 Å². The second kappa shape index (κ2) is 9.44. The lowest BCUT2D eigenvalue weighted by Gasteiger charge is -2.04. The van der Waals surface area contributed by atoms with Gasteiger partial charge in [0.15, 0.2) is 5.82 Å². The van der Waals surface area contributed by atoms with Crippen LogP contribution < -0.4 is 5.73 Å². The monoisotopic (exact) mass is 489 g/mol. The SMILES string of the molecule is CCOC(=O)c1c(C)nn(-c2cc(N)[nH]c3c(ccn2)c(-c2ccc(F)cc2)nn3CC2CC2)c1C. The summed E-state index contributed by atoms with van der Waals surface area (Å²) in [4.78, 5) is 20.3. The number of esters is 1. The molecule has 3 heterocycles. The average Bonchev–Trinajstić information content (AvgIpc) is 3.51. The predicted octanol–water partition coefficient (Wildman–Crippen LogP) is 4.66. The van der Waals surface area contributed by atoms with Crippen LogP contribution >= 0.6 is 0 Å². The first-order chi connectivity index (χ1) is 17.4. The quantitative estimate of drug-likeness (QED) is 0.381. The van der Waals surface area contributed by atoms with E-state index >= 15 is 0 Å². The van der Waals surface area contributed by atoms with E-state index in [2.05, 4.69) is 15.1 Å². The van der Waals surface area contributed by atoms with Crippen LogP contribution in [-0.4, -0.2) is 42.1 Å². The molecule has 186 valence electrons. The minimum absolute atomic E-state index is 0.274. The molecule has 5 rings (SSSR count). The minimum Gasteiger partial charge on any atom is -0.462 e. The minimum atomic E-state index is -0.426. The molecule has 9 nitrogen and oxygen atoms in total. The third-order valence-corrected chi connectivity index (χ3v) is 6.22. The number of hydrogen-bond acceptors (Lipinski definition) is 6. The van der Waals surface area contributed by atoms with Crippen LogP contribution in [0.4, 0.5) is 10.2 Å². The Balaban J connectivity index is 1.69. The van der Waals surface area contributed by atoms with Crippen molar-refractivity contribution >= 4 is 22.8 Å². The summed E-state index contributed by atoms with van der Waals surface area (Å²) in [7, 11) is 0. The van der Waals surface area contributed by atoms with Crippen LogP contribution in [-0.2, 0) is 11.3 Å². The van der Waals surface area contributed by atoms with Crippen LogP contribution in [0.3, 0.4) is 0 Å². The molecule has 0 atom stereocenters. The van der Waals surface area contributed by atoms with Crippen molar-refractivity contribution in [2.24, 2.45) is 5.92 Å². The lowest BCUT2D eigenvalue weighted by molar-refractivity contribution is 0.0524. The van der Waals surface area contributed by atoms with Crippen molar-refractivity contribution in [1.82, 2.24) is 29.5 Å². The first kappa shape index (κ1) is 23.5. The summed E-state index contributed by atoms with van der Waals surface area (Å²) in [5.41, 5.74) is 10.2. The van der Waals surface area contributed by atoms with Gasteiger partial charge in [-0.05, 0) is 69.9 Å². The third-order valence-electron chi connectivity index (χ3n) is 6.22. The van der Waals surface area contributed by atoms with Crippen LogP contribution in [0, 0.1) is 25.6 Å². The maximum Gasteiger partial charge on any atom is 0.341 e. The fraction of sp³-hybridized carbons (Fsp3) is 0.308. The van der Waals surface area contributed by atoms with Gasteiger partial charge in [0, 0.05) is 29.8 Å². The van der Waals surface area contributed by atoms with E-state index in [0.717, 1.165) is 36.0 Å². The van der Waals surface area contributed by atoms with Crippen LogP contribution in [0.25, 0.3) is 28.1 Å². The Bertz CT molecular complexity index is 1490. The van der Waals surface area contributed by atoms with E-state index in [0.29, 0.717) is 40.2 Å². The largest absolute Gasteiger partial charge is 0.462 e. The molecule has 4 aromatic rings. The number of aryl methyl sites for hydroxylation is 1. The number of fused-ring (bicyclic) bond motifs is 1. The smallest absolute Gasteiger partial charge is 0.341 e. The fourth-order valence-electron chi connectivity index (χ4n) is 4.28. The number of nitrogens with two attached hydrogens (primary N) is 1. The summed E-state index contributed by atoms with van der Waals surface area (Å²) < 4.78 is 22.3. The maximum absolute atomic E-state index is 13.6. The molecular formula is C26H28FN7O2. The van der Waals surface area contributed by atoms with E-state index in [1.165, 1.54) is 12.1 Å². The number of benzene rings is 1. The molecule has 0 unspecified atom stereocenters. The molecule has 1 saturated carbocycles. The van der Waals surface area contributed by atoms with Gasteiger partial charge in [0.2, 0.25) is 0 Å². The second-order valence-electron chi connectivity index (χ2n) is 8.95. The Morgan fingerprint density at radius 1 is 1.19 bits per heavy atom. The Labute approximate surface area is 207 Å². The van der Waals surface area contributed by atoms with Crippen molar-refractivity contribution in [2.75, 3.05) is 12.3 Å². The van der Waals surface area contributed by atoms with Gasteiger partial charge in [-0.25, -0.2) is 23.5 Å². The van der Waals surface area contributed by atoms with Gasteiger partial charge in [0.05, 0.1) is 18.0 Å². The number of hydrogen-bond donors (Lipinski definition) is 2. The summed E-state index contributed by atoms with van der Waals surface area (Å²) in [5.74, 6) is 0.609. The molecule has 1 fully saturated rings. The van der Waals surface area contributed by atoms with Gasteiger partial charge < -0.3 is 15.5 Å². The number of nitrogen functional groups attached to an aromatic ring is 1. The van der Waals surface area contributed by atoms with Gasteiger partial charge >= 0.3 is 5.97 Å². The molecule has 1 aliphatic rings. The highest BCUT2D eigenvalue weighted by Crippen LogP contribution is 2.33. The molecule has 3 N–H and O–H groups in total. The van der Waals surface area contributed by atoms with Crippen molar-refractivity contribution in [3.05, 3.63) is 65.4 Å². The second-order valence-corrected chi connectivity index (χ2v) is 8.95. The number of aromatic amines is 1. The fourth-order valence-corrected chi connectivity index (χ4v) is 4.28. The number of aromatic nitrogens is 6. The zero-order valence-electron chi connectivity index (χ0n) is 20.5. The molecule has 0 saturated heterocycles. The number of rotatable bonds is 6. The molecule has 10 heteroatoms. The molecule has 0 aliphatic heterocycles. The highest BCUT2D eigenvalue weighted by atomic mass is 19.1. The van der Waals surface area contributed by atoms with E-state index in [1.54, 1.807) is 49.8 Å². The van der Waals surface area contributed by atoms with E-state index in [-0.39, 0.29) is 12.4 Å². The van der Waals surface area contributed by atoms with Crippen LogP contribution in [0.2, 0.25) is 0 Å². The standard InChI is InChI=1S/C26H28FN7O2/c1-4-36-26(35)23-15(2)31-34(16(23)3)22-13-21(28)30-25-20(11-12-29-22)24(18-7-9-19(27)10-8-18)32-33(25)14-17-5-6-17/h7-13,17,30H,4-6,14,28H2,1-3H3. The van der Waals surface area contributed by atoms with E-state index in [1.807, 2.05) is 10.7 Å². The number of anilines is 1. The number of carbonyl (C=O) groups is 1. The maximum atomic E-state index is 13.6. The first-order valence-corrected chi connectivity index (χ1v) is 11.9. The molecule has 0 amide bonds. The summed E-state index contributed by atoms with van der Waals surface area (Å²) in [6, 6.07) is 9.77. The van der Waals surface area contributed by atoms with Gasteiger partial charge in [-0.15, -0.1) is 0 Å². The Morgan fingerprint density at radius 2 is 1.94 bits per heavy atom. The van der Waals surface area contributed by atoms with Crippen molar-refractivity contribution in [1.29, 1.82) is 0 Å². The van der Waals surface area contributed by atoms with E-state index in [9.17, 15) is 9.18 Å². The zero-order chi connectivity index (χ0) is 25.4. The number of nitrogens with one attached hydrogen (secondary N) is 1. The van der Waals surface area contributed by atoms with Gasteiger partial charge in [-0.3, -0.25) is 0 Å². The molecule has 3 aromatic heterocycles. The predicted molar refractivity (Wildman–Crippen MR) is 135 cm³/mol. The molecule has 0 spiro atoms. The molecule has 0 bridgehead atoms. The highest BCUT2D eigenvalue weighted by Gasteiger charge is 2.24. The van der Waals surface area contributed by atoms with Gasteiger partial charge in [-0.1, -0.05) is 0 Å². The van der Waals surface area contributed by atoms with Gasteiger partial charge in [-0.2, -0.15) is 10.2 Å². The first-order valence-electron chi connectivity index (χ1n) is 11.9. The lowest BCUT2D eigenvalue weighted by atomic mass is 10.1. The van der Waals surface area contributed by atoms with Crippen molar-refractivity contribution < 1.29 is 13.9 Å². The summed E-state index contributed by atoms with van der Waals surface area (Å²) >= 11 is 0. The number of nitrogens with zero attached hydrogens (tertiary/aromatic N) is 5. The Hall–Kier alpha value is -4.21. The number of carbonyl (C=O) groups excluding carboxylic acids is 1. The summed E-state index contributed by atoms with van der Waals surface area (Å²) in [6.45, 7) is 6.33. The van der Waals surface area contributed by atoms with E-state index in [4.69, 9.17) is 15.6 Å². The topological polar surface area (TPSA) is 117 Å². The molecular weight excluding hydrogens is 461 g/mol. The normalized spacial score (nSPS) is 13.1. The summed E-state index contributed by atoms with van der Waals surface area (Å²) in [5, 5.41) is 10.2. The molecule has 1 aliphatic carbocycles. The molecule has 36 heavy (non-hydrogen) atoms. The van der Waals surface area contributed by atoms with Crippen molar-refractivity contribution in [2.45, 2.75) is 40.2 Å². The highest BCUT2D eigenvalue weighted by molar-refractivity contribution is 5.92. The zero-order valence-corrected chi connectivity index (χ0v) is 20.5. The van der Waals surface area contributed by atoms with Gasteiger partial charge in [0.1, 0.15) is 28.5 Å². The Kier molecular flexibility index (Phi) is 6.17. The Morgan fingerprint density at radius 3 is 2.64 bits per heavy atom. The van der Waals surface area contributed by atoms with Crippen LogP contribution in [0.15, 0.2) is 42.6 Å². The average molecular weight is 490 g/mol. The summed E-state index contributed by atoms with van der Waals surface area (Å²) in [6.07, 6.45) is 3.98. The van der Waals surface area contributed by atoms with Crippen molar-refractivity contribution in [3.63, 3.8) is 0 Å². The van der Waals surface area contributed by atoms with Gasteiger partial charge in [0.25, 0.3) is 0 Å². The van der Waals surface area contributed by atoms with Crippen LogP contribution in [0.1, 0.15) is 41.5 Å². The molecule has 0 radical (unpaired) electrons. The van der Waals surface area contributed by atoms with E-state index < -0.39 is 5.97 Å². The lowest BCUT2D eigenvalue weighted by Crippen LogP contribution is -2.08. The number of H-pyrrole nitrogens is 1.